The Labute approximate surface area is 214 Å². The zero-order valence-electron chi connectivity index (χ0n) is 20.2. The molecule has 2 heterocycles. The van der Waals surface area contributed by atoms with E-state index >= 15 is 0 Å². The molecular formula is C26H32ClFN4O2S. The van der Waals surface area contributed by atoms with Crippen LogP contribution in [0.4, 0.5) is 15.1 Å². The van der Waals surface area contributed by atoms with Gasteiger partial charge >= 0.3 is 0 Å². The summed E-state index contributed by atoms with van der Waals surface area (Å²) < 4.78 is 14.0. The highest BCUT2D eigenvalue weighted by molar-refractivity contribution is 7.16. The van der Waals surface area contributed by atoms with Crippen molar-refractivity contribution in [2.75, 3.05) is 10.2 Å². The number of thiophene rings is 1. The number of hydrogen-bond donors (Lipinski definition) is 2. The van der Waals surface area contributed by atoms with Crippen molar-refractivity contribution in [1.82, 2.24) is 10.3 Å². The molecule has 4 fully saturated rings. The van der Waals surface area contributed by atoms with Crippen molar-refractivity contribution in [3.63, 3.8) is 0 Å². The second-order valence-corrected chi connectivity index (χ2v) is 12.2. The number of nitrogens with one attached hydrogen (secondary N) is 2. The Bertz CT molecular complexity index is 1100. The molecule has 6 rings (SSSR count). The number of alkyl halides is 1. The summed E-state index contributed by atoms with van der Waals surface area (Å²) in [6.07, 6.45) is 8.71. The summed E-state index contributed by atoms with van der Waals surface area (Å²) in [6.45, 7) is 3.96. The van der Waals surface area contributed by atoms with Crippen LogP contribution in [0.15, 0.2) is 24.4 Å². The van der Waals surface area contributed by atoms with Crippen molar-refractivity contribution in [2.24, 2.45) is 5.92 Å². The number of carbonyl (C=O) groups excluding carboxylic acids is 2. The lowest BCUT2D eigenvalue weighted by molar-refractivity contribution is -0.175. The quantitative estimate of drug-likeness (QED) is 0.381. The van der Waals surface area contributed by atoms with E-state index in [1.165, 1.54) is 24.2 Å². The van der Waals surface area contributed by atoms with Crippen LogP contribution in [-0.4, -0.2) is 34.6 Å². The predicted octanol–water partition coefficient (Wildman–Crippen LogP) is 5.95. The van der Waals surface area contributed by atoms with Gasteiger partial charge in [-0.3, -0.25) is 19.5 Å². The van der Waals surface area contributed by atoms with E-state index in [9.17, 15) is 14.0 Å². The number of amides is 2. The molecule has 0 unspecified atom stereocenters. The van der Waals surface area contributed by atoms with E-state index in [0.29, 0.717) is 36.6 Å². The van der Waals surface area contributed by atoms with E-state index in [-0.39, 0.29) is 11.9 Å². The fourth-order valence-electron chi connectivity index (χ4n) is 6.00. The van der Waals surface area contributed by atoms with Gasteiger partial charge in [-0.25, -0.2) is 4.39 Å². The molecular weight excluding hydrogens is 487 g/mol. The minimum absolute atomic E-state index is 0.0372. The number of aryl methyl sites for hydroxylation is 1. The largest absolute Gasteiger partial charge is 0.376 e. The van der Waals surface area contributed by atoms with Gasteiger partial charge in [0.05, 0.1) is 27.4 Å². The summed E-state index contributed by atoms with van der Waals surface area (Å²) in [5.41, 5.74) is 0.219. The third-order valence-electron chi connectivity index (χ3n) is 7.86. The Morgan fingerprint density at radius 3 is 2.71 bits per heavy atom. The molecule has 2 atom stereocenters. The number of halogens is 2. The maximum Gasteiger partial charge on any atom is 0.243 e. The van der Waals surface area contributed by atoms with Gasteiger partial charge in [0.25, 0.3) is 0 Å². The fourth-order valence-corrected chi connectivity index (χ4v) is 7.18. The average Bonchev–Trinajstić information content (AvgIpc) is 3.47. The van der Waals surface area contributed by atoms with E-state index in [1.54, 1.807) is 11.1 Å². The Hall–Kier alpha value is -2.19. The first-order valence-corrected chi connectivity index (χ1v) is 13.6. The summed E-state index contributed by atoms with van der Waals surface area (Å²) in [4.78, 5) is 32.7. The van der Waals surface area contributed by atoms with Gasteiger partial charge in [0, 0.05) is 35.9 Å². The summed E-state index contributed by atoms with van der Waals surface area (Å²) in [6, 6.07) is 5.11. The molecule has 2 N–H and O–H groups in total. The topological polar surface area (TPSA) is 74.3 Å². The number of rotatable bonds is 10. The summed E-state index contributed by atoms with van der Waals surface area (Å²) in [5.74, 6) is 0.263. The lowest BCUT2D eigenvalue weighted by Gasteiger charge is -2.65. The van der Waals surface area contributed by atoms with E-state index in [0.717, 1.165) is 40.5 Å². The van der Waals surface area contributed by atoms with Crippen LogP contribution in [0.3, 0.4) is 0 Å². The number of aromatic nitrogens is 1. The van der Waals surface area contributed by atoms with E-state index in [2.05, 4.69) is 15.6 Å². The lowest BCUT2D eigenvalue weighted by Crippen LogP contribution is -2.77. The van der Waals surface area contributed by atoms with E-state index in [4.69, 9.17) is 11.6 Å². The molecule has 2 aromatic heterocycles. The first-order chi connectivity index (χ1) is 16.7. The predicted molar refractivity (Wildman–Crippen MR) is 138 cm³/mol. The monoisotopic (exact) mass is 518 g/mol. The van der Waals surface area contributed by atoms with Gasteiger partial charge in [0.2, 0.25) is 12.3 Å². The van der Waals surface area contributed by atoms with Crippen LogP contribution in [-0.2, 0) is 9.59 Å². The Morgan fingerprint density at radius 1 is 1.34 bits per heavy atom. The molecule has 4 aliphatic rings. The molecule has 2 aromatic rings. The number of anilines is 2. The first kappa shape index (κ1) is 24.5. The third-order valence-corrected chi connectivity index (χ3v) is 9.34. The lowest BCUT2D eigenvalue weighted by atomic mass is 9.47. The second-order valence-electron chi connectivity index (χ2n) is 10.7. The SMILES string of the molecule is Cc1ncc(Cl)cc1N[C@@H](C)c1ccc(N(C=O)[C@@H](CC2CCCC2)C(=O)NC23CC(F)(C2)C3)s1. The van der Waals surface area contributed by atoms with E-state index < -0.39 is 17.2 Å². The second kappa shape index (κ2) is 9.36. The Balaban J connectivity index is 1.33. The van der Waals surface area contributed by atoms with Crippen molar-refractivity contribution in [2.45, 2.75) is 88.5 Å². The van der Waals surface area contributed by atoms with Crippen LogP contribution in [0.1, 0.15) is 74.9 Å². The average molecular weight is 519 g/mol. The fraction of sp³-hybridized carbons (Fsp3) is 0.577. The summed E-state index contributed by atoms with van der Waals surface area (Å²) in [7, 11) is 0. The van der Waals surface area contributed by atoms with Gasteiger partial charge in [-0.1, -0.05) is 37.3 Å². The Morgan fingerprint density at radius 2 is 2.06 bits per heavy atom. The molecule has 35 heavy (non-hydrogen) atoms. The van der Waals surface area contributed by atoms with Crippen LogP contribution in [0.2, 0.25) is 5.02 Å². The molecule has 9 heteroatoms. The zero-order valence-corrected chi connectivity index (χ0v) is 21.7. The van der Waals surface area contributed by atoms with Gasteiger partial charge in [-0.2, -0.15) is 0 Å². The molecule has 0 aliphatic heterocycles. The van der Waals surface area contributed by atoms with Crippen LogP contribution < -0.4 is 15.5 Å². The maximum atomic E-state index is 14.0. The van der Waals surface area contributed by atoms with Crippen LogP contribution in [0, 0.1) is 12.8 Å². The number of hydrogen-bond acceptors (Lipinski definition) is 5. The highest BCUT2D eigenvalue weighted by Crippen LogP contribution is 2.63. The molecule has 6 nitrogen and oxygen atoms in total. The van der Waals surface area contributed by atoms with Gasteiger partial charge in [-0.15, -0.1) is 11.3 Å². The van der Waals surface area contributed by atoms with Gasteiger partial charge in [0.15, 0.2) is 0 Å². The smallest absolute Gasteiger partial charge is 0.243 e. The molecule has 4 aliphatic carbocycles. The molecule has 2 bridgehead atoms. The highest BCUT2D eigenvalue weighted by atomic mass is 35.5. The first-order valence-electron chi connectivity index (χ1n) is 12.4. The number of nitrogens with zero attached hydrogens (tertiary/aromatic N) is 2. The zero-order chi connectivity index (χ0) is 24.8. The minimum Gasteiger partial charge on any atom is -0.376 e. The van der Waals surface area contributed by atoms with Crippen molar-refractivity contribution in [3.8, 4) is 0 Å². The molecule has 4 saturated carbocycles. The van der Waals surface area contributed by atoms with Crippen molar-refractivity contribution in [1.29, 1.82) is 0 Å². The van der Waals surface area contributed by atoms with Crippen molar-refractivity contribution >= 4 is 45.9 Å². The van der Waals surface area contributed by atoms with Crippen molar-refractivity contribution in [3.05, 3.63) is 40.0 Å². The Kier molecular flexibility index (Phi) is 6.55. The summed E-state index contributed by atoms with van der Waals surface area (Å²) >= 11 is 7.60. The summed E-state index contributed by atoms with van der Waals surface area (Å²) in [5, 5.41) is 7.86. The normalized spacial score (nSPS) is 26.9. The van der Waals surface area contributed by atoms with Crippen molar-refractivity contribution < 1.29 is 14.0 Å². The van der Waals surface area contributed by atoms with Gasteiger partial charge in [0.1, 0.15) is 11.7 Å². The number of carbonyl (C=O) groups is 2. The molecule has 0 aromatic carbocycles. The van der Waals surface area contributed by atoms with Gasteiger partial charge in [-0.05, 0) is 44.4 Å². The maximum absolute atomic E-state index is 14.0. The molecule has 0 saturated heterocycles. The van der Waals surface area contributed by atoms with Crippen LogP contribution >= 0.6 is 22.9 Å². The molecule has 2 amide bonds. The third kappa shape index (κ3) is 4.92. The minimum atomic E-state index is -1.08. The number of pyridine rings is 1. The standard InChI is InChI=1S/C26H32ClFN4O2S/c1-16-20(10-19(27)11-29-16)30-17(2)22-7-8-23(35-22)32(15-33)21(9-18-5-3-4-6-18)24(34)31-26-12-25(28,13-26)14-26/h7-8,10-11,15,17-18,21,30H,3-6,9,12-14H2,1-2H3,(H,31,34)/t17-,21-,25?,26?/m0/s1. The highest BCUT2D eigenvalue weighted by Gasteiger charge is 2.70. The van der Waals surface area contributed by atoms with Crippen LogP contribution in [0.25, 0.3) is 0 Å². The molecule has 0 spiro atoms. The van der Waals surface area contributed by atoms with E-state index in [1.807, 2.05) is 32.0 Å². The molecule has 0 radical (unpaired) electrons. The molecule has 188 valence electrons. The van der Waals surface area contributed by atoms with Crippen LogP contribution in [0.5, 0.6) is 0 Å². The van der Waals surface area contributed by atoms with Gasteiger partial charge < -0.3 is 10.6 Å².